The Balaban J connectivity index is 1.54. The number of methoxy groups -OCH3 is 2. The lowest BCUT2D eigenvalue weighted by molar-refractivity contribution is -0.137. The highest BCUT2D eigenvalue weighted by Crippen LogP contribution is 2.39. The third-order valence-corrected chi connectivity index (χ3v) is 10.8. The van der Waals surface area contributed by atoms with Gasteiger partial charge in [-0.3, -0.25) is 0 Å². The zero-order valence-corrected chi connectivity index (χ0v) is 27.2. The first-order chi connectivity index (χ1) is 21.3. The lowest BCUT2D eigenvalue weighted by atomic mass is 9.79. The summed E-state index contributed by atoms with van der Waals surface area (Å²) in [6, 6.07) is 12.1. The molecule has 5 atom stereocenters. The van der Waals surface area contributed by atoms with E-state index in [1.807, 2.05) is 19.0 Å². The Morgan fingerprint density at radius 3 is 2.40 bits per heavy atom. The minimum Gasteiger partial charge on any atom is -0.497 e. The van der Waals surface area contributed by atoms with Gasteiger partial charge in [0.2, 0.25) is 10.0 Å². The van der Waals surface area contributed by atoms with Crippen LogP contribution in [-0.4, -0.2) is 75.1 Å². The van der Waals surface area contributed by atoms with Gasteiger partial charge in [0.15, 0.2) is 0 Å². The highest BCUT2D eigenvalue weighted by atomic mass is 32.2. The Kier molecular flexibility index (Phi) is 11.0. The van der Waals surface area contributed by atoms with Gasteiger partial charge in [0.05, 0.1) is 38.5 Å². The van der Waals surface area contributed by atoms with Crippen molar-refractivity contribution in [2.75, 3.05) is 32.6 Å². The zero-order chi connectivity index (χ0) is 32.9. The molecule has 13 heteroatoms. The number of anilines is 1. The second-order valence-electron chi connectivity index (χ2n) is 11.5. The fourth-order valence-corrected chi connectivity index (χ4v) is 7.43. The summed E-state index contributed by atoms with van der Waals surface area (Å²) in [5.74, 6) is 1.16. The first kappa shape index (κ1) is 34.5. The maximum absolute atomic E-state index is 14.2. The molecule has 0 spiro atoms. The predicted octanol–water partition coefficient (Wildman–Crippen LogP) is 5.91. The number of rotatable bonds is 12. The highest BCUT2D eigenvalue weighted by molar-refractivity contribution is 7.93. The van der Waals surface area contributed by atoms with Gasteiger partial charge in [-0.2, -0.15) is 13.2 Å². The molecule has 1 aliphatic carbocycles. The standard InChI is InChI=1S/C32H41F3N4O5S/c1-21(44-29-13-11-24(17-28(29)38(3)4)23-8-7-9-26(16-23)32(33,34)35)22(2)45(40,41)39(31-14-15-36-20-37-31)19-25-10-12-27(42-5)18-30(25)43-6/h7-10,12,14-16,18,20-22,24,28-29H,11,13,17,19H2,1-6H3/t21?,22-,24+,28+,29+/m1/s1. The van der Waals surface area contributed by atoms with Crippen LogP contribution in [0.3, 0.4) is 0 Å². The molecule has 45 heavy (non-hydrogen) atoms. The summed E-state index contributed by atoms with van der Waals surface area (Å²) in [6.45, 7) is 3.30. The van der Waals surface area contributed by atoms with Crippen LogP contribution in [0.4, 0.5) is 19.0 Å². The monoisotopic (exact) mass is 650 g/mol. The average Bonchev–Trinajstić information content (AvgIpc) is 3.03. The Morgan fingerprint density at radius 1 is 1.02 bits per heavy atom. The van der Waals surface area contributed by atoms with E-state index in [-0.39, 0.29) is 30.4 Å². The van der Waals surface area contributed by atoms with Gasteiger partial charge in [-0.15, -0.1) is 0 Å². The van der Waals surface area contributed by atoms with E-state index in [4.69, 9.17) is 14.2 Å². The van der Waals surface area contributed by atoms with Gasteiger partial charge in [-0.1, -0.05) is 18.2 Å². The molecule has 1 unspecified atom stereocenters. The van der Waals surface area contributed by atoms with E-state index in [2.05, 4.69) is 9.97 Å². The number of nitrogens with zero attached hydrogens (tertiary/aromatic N) is 4. The molecular formula is C32H41F3N4O5S. The molecule has 2 aromatic carbocycles. The molecule has 0 aliphatic heterocycles. The van der Waals surface area contributed by atoms with Gasteiger partial charge >= 0.3 is 6.18 Å². The molecule has 0 bridgehead atoms. The summed E-state index contributed by atoms with van der Waals surface area (Å²) in [7, 11) is 2.80. The van der Waals surface area contributed by atoms with Crippen molar-refractivity contribution in [1.29, 1.82) is 0 Å². The third kappa shape index (κ3) is 8.06. The van der Waals surface area contributed by atoms with Crippen LogP contribution >= 0.6 is 0 Å². The van der Waals surface area contributed by atoms with Crippen molar-refractivity contribution in [1.82, 2.24) is 14.9 Å². The van der Waals surface area contributed by atoms with Gasteiger partial charge in [0.25, 0.3) is 0 Å². The Morgan fingerprint density at radius 2 is 1.78 bits per heavy atom. The molecular weight excluding hydrogens is 609 g/mol. The first-order valence-electron chi connectivity index (χ1n) is 14.7. The SMILES string of the molecule is COc1ccc(CN(c2ccncn2)S(=O)(=O)[C@H](C)C(C)O[C@H]2CC[C@H](c3cccc(C(F)(F)F)c3)C[C@@H]2N(C)C)c(OC)c1. The van der Waals surface area contributed by atoms with Crippen LogP contribution in [0.15, 0.2) is 61.1 Å². The van der Waals surface area contributed by atoms with Gasteiger partial charge in [-0.25, -0.2) is 22.7 Å². The van der Waals surface area contributed by atoms with Crippen LogP contribution in [0.5, 0.6) is 11.5 Å². The fraction of sp³-hybridized carbons (Fsp3) is 0.500. The number of halogens is 3. The van der Waals surface area contributed by atoms with E-state index in [1.165, 1.54) is 49.2 Å². The topological polar surface area (TPSA) is 94.1 Å². The molecule has 1 aliphatic rings. The smallest absolute Gasteiger partial charge is 0.416 e. The molecule has 0 radical (unpaired) electrons. The maximum Gasteiger partial charge on any atom is 0.416 e. The van der Waals surface area contributed by atoms with Crippen molar-refractivity contribution >= 4 is 15.8 Å². The summed E-state index contributed by atoms with van der Waals surface area (Å²) >= 11 is 0. The summed E-state index contributed by atoms with van der Waals surface area (Å²) in [4.78, 5) is 10.2. The lowest BCUT2D eigenvalue weighted by Crippen LogP contribution is -2.49. The molecule has 4 rings (SSSR count). The molecule has 1 fully saturated rings. The molecule has 1 heterocycles. The van der Waals surface area contributed by atoms with Crippen LogP contribution < -0.4 is 13.8 Å². The number of aromatic nitrogens is 2. The number of hydrogen-bond donors (Lipinski definition) is 0. The van der Waals surface area contributed by atoms with Crippen molar-refractivity contribution in [3.8, 4) is 11.5 Å². The van der Waals surface area contributed by atoms with Crippen LogP contribution in [0.2, 0.25) is 0 Å². The first-order valence-corrected chi connectivity index (χ1v) is 16.2. The Hall–Kier alpha value is -3.42. The molecule has 3 aromatic rings. The number of likely N-dealkylation sites (N-methyl/N-ethyl adjacent to an activating group) is 1. The maximum atomic E-state index is 14.2. The minimum absolute atomic E-state index is 0.0496. The van der Waals surface area contributed by atoms with Crippen molar-refractivity contribution in [3.05, 3.63) is 77.7 Å². The molecule has 0 saturated heterocycles. The summed E-state index contributed by atoms with van der Waals surface area (Å²) < 4.78 is 87.1. The van der Waals surface area contributed by atoms with Crippen LogP contribution in [-0.2, 0) is 27.5 Å². The summed E-state index contributed by atoms with van der Waals surface area (Å²) in [5.41, 5.74) is 0.600. The van der Waals surface area contributed by atoms with E-state index in [9.17, 15) is 21.6 Å². The number of hydrogen-bond acceptors (Lipinski definition) is 8. The molecule has 0 N–H and O–H groups in total. The predicted molar refractivity (Wildman–Crippen MR) is 166 cm³/mol. The Labute approximate surface area is 263 Å². The van der Waals surface area contributed by atoms with Gasteiger partial charge in [0, 0.05) is 29.9 Å². The van der Waals surface area contributed by atoms with Crippen LogP contribution in [0.25, 0.3) is 0 Å². The van der Waals surface area contributed by atoms with Crippen molar-refractivity contribution in [2.45, 2.75) is 75.2 Å². The largest absolute Gasteiger partial charge is 0.497 e. The average molecular weight is 651 g/mol. The van der Waals surface area contributed by atoms with Crippen molar-refractivity contribution < 1.29 is 35.8 Å². The summed E-state index contributed by atoms with van der Waals surface area (Å²) in [6.07, 6.45) is -0.903. The zero-order valence-electron chi connectivity index (χ0n) is 26.4. The normalized spacial score (nSPS) is 20.4. The number of ether oxygens (including phenoxy) is 3. The Bertz CT molecular complexity index is 1520. The molecule has 9 nitrogen and oxygen atoms in total. The van der Waals surface area contributed by atoms with E-state index in [0.29, 0.717) is 41.9 Å². The van der Waals surface area contributed by atoms with Crippen molar-refractivity contribution in [2.24, 2.45) is 0 Å². The molecule has 1 saturated carbocycles. The van der Waals surface area contributed by atoms with E-state index < -0.39 is 33.1 Å². The molecule has 1 aromatic heterocycles. The van der Waals surface area contributed by atoms with Crippen LogP contribution in [0.1, 0.15) is 55.7 Å². The number of alkyl halides is 3. The highest BCUT2D eigenvalue weighted by Gasteiger charge is 2.40. The fourth-order valence-electron chi connectivity index (χ4n) is 5.79. The third-order valence-electron chi connectivity index (χ3n) is 8.56. The molecule has 246 valence electrons. The second kappa shape index (κ2) is 14.3. The number of sulfonamides is 1. The quantitative estimate of drug-likeness (QED) is 0.239. The van der Waals surface area contributed by atoms with Gasteiger partial charge in [-0.05, 0) is 76.9 Å². The van der Waals surface area contributed by atoms with Gasteiger partial charge < -0.3 is 19.1 Å². The van der Waals surface area contributed by atoms with E-state index >= 15 is 0 Å². The summed E-state index contributed by atoms with van der Waals surface area (Å²) in [5, 5.41) is -0.972. The van der Waals surface area contributed by atoms with Crippen molar-refractivity contribution in [3.63, 3.8) is 0 Å². The second-order valence-corrected chi connectivity index (χ2v) is 13.8. The minimum atomic E-state index is -4.41. The van der Waals surface area contributed by atoms with E-state index in [1.54, 1.807) is 38.1 Å². The lowest BCUT2D eigenvalue weighted by Gasteiger charge is -2.42. The van der Waals surface area contributed by atoms with Crippen LogP contribution in [0, 0.1) is 0 Å². The molecule has 0 amide bonds. The van der Waals surface area contributed by atoms with Gasteiger partial charge in [0.1, 0.15) is 28.9 Å². The van der Waals surface area contributed by atoms with E-state index in [0.717, 1.165) is 6.07 Å². The number of benzene rings is 2.